The van der Waals surface area contributed by atoms with Crippen LogP contribution in [0.5, 0.6) is 0 Å². The highest BCUT2D eigenvalue weighted by atomic mass is 35.5. The molecule has 2 aromatic rings. The van der Waals surface area contributed by atoms with Crippen LogP contribution in [0.1, 0.15) is 17.2 Å². The predicted molar refractivity (Wildman–Crippen MR) is 68.5 cm³/mol. The Morgan fingerprint density at radius 1 is 1.06 bits per heavy atom. The number of rotatable bonds is 3. The van der Waals surface area contributed by atoms with E-state index in [-0.39, 0.29) is 5.82 Å². The van der Waals surface area contributed by atoms with Crippen LogP contribution in [0.4, 0.5) is 4.39 Å². The monoisotopic (exact) mass is 249 g/mol. The first kappa shape index (κ1) is 12.1. The van der Waals surface area contributed by atoms with E-state index in [9.17, 15) is 4.39 Å². The summed E-state index contributed by atoms with van der Waals surface area (Å²) in [6.07, 6.45) is 0.571. The molecular weight excluding hydrogens is 237 g/mol. The lowest BCUT2D eigenvalue weighted by atomic mass is 9.99. The highest BCUT2D eigenvalue weighted by Gasteiger charge is 2.15. The molecule has 1 atom stereocenters. The summed E-state index contributed by atoms with van der Waals surface area (Å²) in [5.74, 6) is -0.346. The summed E-state index contributed by atoms with van der Waals surface area (Å²) >= 11 is 5.97. The third-order valence-electron chi connectivity index (χ3n) is 2.67. The first-order valence-corrected chi connectivity index (χ1v) is 5.79. The van der Waals surface area contributed by atoms with Crippen molar-refractivity contribution in [2.75, 3.05) is 0 Å². The first-order valence-electron chi connectivity index (χ1n) is 5.42. The number of nitrogens with two attached hydrogens (primary N) is 1. The molecule has 0 amide bonds. The molecule has 2 N–H and O–H groups in total. The standard InChI is InChI=1S/C14H13ClFN/c15-11-7-4-8-12(16)14(11)13(17)9-10-5-2-1-3-6-10/h1-8,13H,9,17H2. The Morgan fingerprint density at radius 3 is 2.41 bits per heavy atom. The zero-order valence-corrected chi connectivity index (χ0v) is 9.99. The van der Waals surface area contributed by atoms with Gasteiger partial charge in [0.05, 0.1) is 0 Å². The fourth-order valence-electron chi connectivity index (χ4n) is 1.84. The van der Waals surface area contributed by atoms with E-state index < -0.39 is 6.04 Å². The summed E-state index contributed by atoms with van der Waals surface area (Å²) < 4.78 is 13.6. The van der Waals surface area contributed by atoms with Crippen molar-refractivity contribution in [3.05, 3.63) is 70.5 Å². The molecular formula is C14H13ClFN. The number of hydrogen-bond donors (Lipinski definition) is 1. The van der Waals surface area contributed by atoms with Crippen molar-refractivity contribution < 1.29 is 4.39 Å². The molecule has 1 unspecified atom stereocenters. The molecule has 1 nitrogen and oxygen atoms in total. The Hall–Kier alpha value is -1.38. The van der Waals surface area contributed by atoms with Gasteiger partial charge < -0.3 is 5.73 Å². The maximum atomic E-state index is 13.6. The Labute approximate surface area is 105 Å². The minimum absolute atomic E-state index is 0.346. The second kappa shape index (κ2) is 5.30. The molecule has 0 fully saturated rings. The molecule has 17 heavy (non-hydrogen) atoms. The zero-order chi connectivity index (χ0) is 12.3. The van der Waals surface area contributed by atoms with Gasteiger partial charge in [0.2, 0.25) is 0 Å². The quantitative estimate of drug-likeness (QED) is 0.882. The van der Waals surface area contributed by atoms with Gasteiger partial charge in [-0.3, -0.25) is 0 Å². The lowest BCUT2D eigenvalue weighted by molar-refractivity contribution is 0.580. The van der Waals surface area contributed by atoms with Crippen molar-refractivity contribution in [2.24, 2.45) is 5.73 Å². The fraction of sp³-hybridized carbons (Fsp3) is 0.143. The Balaban J connectivity index is 2.23. The van der Waals surface area contributed by atoms with Gasteiger partial charge in [0, 0.05) is 16.6 Å². The number of benzene rings is 2. The second-order valence-corrected chi connectivity index (χ2v) is 4.34. The minimum atomic E-state index is -0.425. The summed E-state index contributed by atoms with van der Waals surface area (Å²) in [4.78, 5) is 0. The van der Waals surface area contributed by atoms with Crippen LogP contribution in [-0.2, 0) is 6.42 Å². The van der Waals surface area contributed by atoms with E-state index in [1.807, 2.05) is 30.3 Å². The average Bonchev–Trinajstić information content (AvgIpc) is 2.30. The third-order valence-corrected chi connectivity index (χ3v) is 3.00. The molecule has 0 saturated carbocycles. The van der Waals surface area contributed by atoms with Crippen molar-refractivity contribution in [1.82, 2.24) is 0 Å². The van der Waals surface area contributed by atoms with Gasteiger partial charge in [-0.25, -0.2) is 4.39 Å². The molecule has 2 aromatic carbocycles. The molecule has 0 aliphatic carbocycles. The van der Waals surface area contributed by atoms with E-state index in [0.29, 0.717) is 17.0 Å². The molecule has 0 spiro atoms. The highest BCUT2D eigenvalue weighted by molar-refractivity contribution is 6.31. The number of hydrogen-bond acceptors (Lipinski definition) is 1. The average molecular weight is 250 g/mol. The molecule has 0 aromatic heterocycles. The lowest BCUT2D eigenvalue weighted by Gasteiger charge is -2.14. The van der Waals surface area contributed by atoms with E-state index in [0.717, 1.165) is 5.56 Å². The Kier molecular flexibility index (Phi) is 3.77. The summed E-state index contributed by atoms with van der Waals surface area (Å²) in [5.41, 5.74) is 7.46. The van der Waals surface area contributed by atoms with Crippen LogP contribution in [0.3, 0.4) is 0 Å². The number of halogens is 2. The van der Waals surface area contributed by atoms with E-state index in [4.69, 9.17) is 17.3 Å². The molecule has 0 bridgehead atoms. The van der Waals surface area contributed by atoms with Crippen LogP contribution in [0.2, 0.25) is 5.02 Å². The Morgan fingerprint density at radius 2 is 1.76 bits per heavy atom. The maximum Gasteiger partial charge on any atom is 0.129 e. The zero-order valence-electron chi connectivity index (χ0n) is 9.24. The van der Waals surface area contributed by atoms with Gasteiger partial charge in [0.25, 0.3) is 0 Å². The minimum Gasteiger partial charge on any atom is -0.324 e. The van der Waals surface area contributed by atoms with E-state index in [2.05, 4.69) is 0 Å². The first-order chi connectivity index (χ1) is 8.18. The van der Waals surface area contributed by atoms with Gasteiger partial charge >= 0.3 is 0 Å². The normalized spacial score (nSPS) is 12.4. The second-order valence-electron chi connectivity index (χ2n) is 3.93. The van der Waals surface area contributed by atoms with Gasteiger partial charge in [-0.05, 0) is 24.1 Å². The topological polar surface area (TPSA) is 26.0 Å². The lowest BCUT2D eigenvalue weighted by Crippen LogP contribution is -2.15. The van der Waals surface area contributed by atoms with Crippen LogP contribution < -0.4 is 5.73 Å². The van der Waals surface area contributed by atoms with E-state index in [1.165, 1.54) is 6.07 Å². The van der Waals surface area contributed by atoms with Crippen LogP contribution in [0.15, 0.2) is 48.5 Å². The van der Waals surface area contributed by atoms with Gasteiger partial charge in [-0.1, -0.05) is 48.0 Å². The van der Waals surface area contributed by atoms with Crippen LogP contribution in [0.25, 0.3) is 0 Å². The molecule has 0 saturated heterocycles. The van der Waals surface area contributed by atoms with Gasteiger partial charge in [0.15, 0.2) is 0 Å². The molecule has 2 rings (SSSR count). The molecule has 0 aliphatic heterocycles. The van der Waals surface area contributed by atoms with E-state index >= 15 is 0 Å². The summed E-state index contributed by atoms with van der Waals surface area (Å²) in [7, 11) is 0. The summed E-state index contributed by atoms with van der Waals surface area (Å²) in [6, 6.07) is 13.9. The van der Waals surface area contributed by atoms with Crippen LogP contribution in [0, 0.1) is 5.82 Å². The van der Waals surface area contributed by atoms with Gasteiger partial charge in [-0.15, -0.1) is 0 Å². The van der Waals surface area contributed by atoms with Crippen LogP contribution >= 0.6 is 11.6 Å². The Bertz CT molecular complexity index is 479. The molecule has 0 radical (unpaired) electrons. The van der Waals surface area contributed by atoms with Crippen molar-refractivity contribution in [3.8, 4) is 0 Å². The predicted octanol–water partition coefficient (Wildman–Crippen LogP) is 3.72. The van der Waals surface area contributed by atoms with Gasteiger partial charge in [-0.2, -0.15) is 0 Å². The molecule has 88 valence electrons. The van der Waals surface area contributed by atoms with Crippen molar-refractivity contribution in [3.63, 3.8) is 0 Å². The van der Waals surface area contributed by atoms with Crippen molar-refractivity contribution >= 4 is 11.6 Å². The largest absolute Gasteiger partial charge is 0.324 e. The van der Waals surface area contributed by atoms with Crippen molar-refractivity contribution in [1.29, 1.82) is 0 Å². The van der Waals surface area contributed by atoms with E-state index in [1.54, 1.807) is 12.1 Å². The highest BCUT2D eigenvalue weighted by Crippen LogP contribution is 2.26. The maximum absolute atomic E-state index is 13.6. The smallest absolute Gasteiger partial charge is 0.129 e. The molecule has 3 heteroatoms. The SMILES string of the molecule is NC(Cc1ccccc1)c1c(F)cccc1Cl. The third kappa shape index (κ3) is 2.84. The van der Waals surface area contributed by atoms with Crippen LogP contribution in [-0.4, -0.2) is 0 Å². The molecule has 0 aliphatic rings. The summed E-state index contributed by atoms with van der Waals surface area (Å²) in [6.45, 7) is 0. The van der Waals surface area contributed by atoms with Crippen molar-refractivity contribution in [2.45, 2.75) is 12.5 Å². The van der Waals surface area contributed by atoms with Gasteiger partial charge in [0.1, 0.15) is 5.82 Å². The fourth-order valence-corrected chi connectivity index (χ4v) is 2.14. The summed E-state index contributed by atoms with van der Waals surface area (Å²) in [5, 5.41) is 0.383. The molecule has 0 heterocycles.